The molecule has 3 aromatic rings. The summed E-state index contributed by atoms with van der Waals surface area (Å²) >= 11 is 0. The second-order valence-electron chi connectivity index (χ2n) is 10.6. The first kappa shape index (κ1) is 30.9. The number of amides is 2. The highest BCUT2D eigenvalue weighted by atomic mass is 32.2. The minimum atomic E-state index is -3.88. The van der Waals surface area contributed by atoms with E-state index in [4.69, 9.17) is 9.47 Å². The predicted octanol–water partition coefficient (Wildman–Crippen LogP) is 4.09. The molecule has 0 spiro atoms. The molecular weight excluding hydrogens is 554 g/mol. The van der Waals surface area contributed by atoms with E-state index < -0.39 is 28.5 Å². The first-order chi connectivity index (χ1) is 20.1. The third-order valence-corrected chi connectivity index (χ3v) is 8.84. The summed E-state index contributed by atoms with van der Waals surface area (Å²) in [6.07, 6.45) is 0.265. The summed E-state index contributed by atoms with van der Waals surface area (Å²) in [6.45, 7) is 7.59. The Kier molecular flexibility index (Phi) is 10.1. The SMILES string of the molecule is CCS(=O)(=O)N(CC(=O)N(Cc1ccccc1C)[C@H](Cc1ccccc1)C(=O)NC(C)C)c1ccc2c(c1)OCCO2. The van der Waals surface area contributed by atoms with Crippen LogP contribution < -0.4 is 19.1 Å². The smallest absolute Gasteiger partial charge is 0.244 e. The Morgan fingerprint density at radius 1 is 0.929 bits per heavy atom. The third kappa shape index (κ3) is 7.61. The molecule has 0 radical (unpaired) electrons. The van der Waals surface area contributed by atoms with Gasteiger partial charge < -0.3 is 19.7 Å². The molecular formula is C32H39N3O6S. The molecule has 224 valence electrons. The molecule has 2 amide bonds. The van der Waals surface area contributed by atoms with Gasteiger partial charge in [-0.2, -0.15) is 0 Å². The van der Waals surface area contributed by atoms with E-state index in [2.05, 4.69) is 5.32 Å². The average Bonchev–Trinajstić information content (AvgIpc) is 2.98. The van der Waals surface area contributed by atoms with Gasteiger partial charge in [-0.05, 0) is 56.5 Å². The third-order valence-electron chi connectivity index (χ3n) is 7.10. The number of aryl methyl sites for hydroxylation is 1. The molecule has 1 N–H and O–H groups in total. The van der Waals surface area contributed by atoms with Crippen molar-refractivity contribution < 1.29 is 27.5 Å². The molecule has 0 aromatic heterocycles. The zero-order valence-corrected chi connectivity index (χ0v) is 25.4. The number of benzene rings is 3. The molecule has 1 heterocycles. The van der Waals surface area contributed by atoms with Gasteiger partial charge in [0.05, 0.1) is 11.4 Å². The Morgan fingerprint density at radius 2 is 1.60 bits per heavy atom. The number of rotatable bonds is 12. The maximum absolute atomic E-state index is 14.3. The van der Waals surface area contributed by atoms with Gasteiger partial charge in [0.1, 0.15) is 25.8 Å². The molecule has 9 nitrogen and oxygen atoms in total. The second kappa shape index (κ2) is 13.7. The zero-order valence-electron chi connectivity index (χ0n) is 24.6. The monoisotopic (exact) mass is 593 g/mol. The molecule has 0 saturated heterocycles. The summed E-state index contributed by atoms with van der Waals surface area (Å²) in [6, 6.07) is 20.9. The Balaban J connectivity index is 1.76. The van der Waals surface area contributed by atoms with Gasteiger partial charge in [-0.25, -0.2) is 8.42 Å². The van der Waals surface area contributed by atoms with Crippen LogP contribution in [-0.2, 0) is 32.6 Å². The fourth-order valence-electron chi connectivity index (χ4n) is 4.81. The number of nitrogens with one attached hydrogen (secondary N) is 1. The van der Waals surface area contributed by atoms with Crippen molar-refractivity contribution in [1.29, 1.82) is 0 Å². The zero-order chi connectivity index (χ0) is 30.3. The predicted molar refractivity (Wildman–Crippen MR) is 163 cm³/mol. The molecule has 0 unspecified atom stereocenters. The van der Waals surface area contributed by atoms with E-state index in [0.717, 1.165) is 21.0 Å². The summed E-state index contributed by atoms with van der Waals surface area (Å²) in [4.78, 5) is 29.5. The summed E-state index contributed by atoms with van der Waals surface area (Å²) in [5.41, 5.74) is 3.00. The van der Waals surface area contributed by atoms with E-state index in [1.807, 2.05) is 75.4 Å². The van der Waals surface area contributed by atoms with Gasteiger partial charge >= 0.3 is 0 Å². The fraction of sp³-hybridized carbons (Fsp3) is 0.375. The number of carbonyl (C=O) groups is 2. The van der Waals surface area contributed by atoms with Crippen LogP contribution in [-0.4, -0.2) is 62.7 Å². The lowest BCUT2D eigenvalue weighted by atomic mass is 10.0. The number of hydrogen-bond donors (Lipinski definition) is 1. The number of anilines is 1. The molecule has 0 saturated carbocycles. The Bertz CT molecular complexity index is 1490. The van der Waals surface area contributed by atoms with Gasteiger partial charge in [0, 0.05) is 25.1 Å². The lowest BCUT2D eigenvalue weighted by Crippen LogP contribution is -2.54. The molecule has 0 aliphatic carbocycles. The Hall–Kier alpha value is -4.05. The van der Waals surface area contributed by atoms with Gasteiger partial charge in [0.25, 0.3) is 0 Å². The lowest BCUT2D eigenvalue weighted by molar-refractivity contribution is -0.140. The Labute approximate surface area is 248 Å². The van der Waals surface area contributed by atoms with Crippen LogP contribution in [0.25, 0.3) is 0 Å². The average molecular weight is 594 g/mol. The van der Waals surface area contributed by atoms with Gasteiger partial charge in [-0.15, -0.1) is 0 Å². The number of nitrogens with zero attached hydrogens (tertiary/aromatic N) is 2. The van der Waals surface area contributed by atoms with Gasteiger partial charge in [0.2, 0.25) is 21.8 Å². The maximum Gasteiger partial charge on any atom is 0.244 e. The first-order valence-electron chi connectivity index (χ1n) is 14.2. The number of carbonyl (C=O) groups excluding carboxylic acids is 2. The highest BCUT2D eigenvalue weighted by Crippen LogP contribution is 2.35. The van der Waals surface area contributed by atoms with E-state index >= 15 is 0 Å². The van der Waals surface area contributed by atoms with Crippen molar-refractivity contribution >= 4 is 27.5 Å². The number of fused-ring (bicyclic) bond motifs is 1. The molecule has 42 heavy (non-hydrogen) atoms. The van der Waals surface area contributed by atoms with Gasteiger partial charge in [-0.1, -0.05) is 54.6 Å². The van der Waals surface area contributed by atoms with Crippen LogP contribution >= 0.6 is 0 Å². The van der Waals surface area contributed by atoms with Crippen LogP contribution in [0.5, 0.6) is 11.5 Å². The number of ether oxygens (including phenoxy) is 2. The second-order valence-corrected chi connectivity index (χ2v) is 12.7. The van der Waals surface area contributed by atoms with Crippen LogP contribution in [0.2, 0.25) is 0 Å². The van der Waals surface area contributed by atoms with E-state index in [9.17, 15) is 18.0 Å². The fourth-order valence-corrected chi connectivity index (χ4v) is 5.87. The van der Waals surface area contributed by atoms with E-state index in [1.54, 1.807) is 18.2 Å². The lowest BCUT2D eigenvalue weighted by Gasteiger charge is -2.34. The summed E-state index contributed by atoms with van der Waals surface area (Å²) in [5.74, 6) is -0.0875. The van der Waals surface area contributed by atoms with Crippen LogP contribution in [0.15, 0.2) is 72.8 Å². The molecule has 0 bridgehead atoms. The van der Waals surface area contributed by atoms with Gasteiger partial charge in [-0.3, -0.25) is 13.9 Å². The van der Waals surface area contributed by atoms with Crippen molar-refractivity contribution in [1.82, 2.24) is 10.2 Å². The largest absolute Gasteiger partial charge is 0.486 e. The van der Waals surface area contributed by atoms with Crippen molar-refractivity contribution in [3.05, 3.63) is 89.5 Å². The quantitative estimate of drug-likeness (QED) is 0.339. The van der Waals surface area contributed by atoms with Crippen molar-refractivity contribution in [2.45, 2.75) is 52.7 Å². The summed E-state index contributed by atoms with van der Waals surface area (Å²) in [7, 11) is -3.88. The highest BCUT2D eigenvalue weighted by molar-refractivity contribution is 7.92. The molecule has 1 atom stereocenters. The normalized spacial score (nSPS) is 13.4. The van der Waals surface area contributed by atoms with Crippen molar-refractivity contribution in [2.75, 3.05) is 29.8 Å². The first-order valence-corrected chi connectivity index (χ1v) is 15.8. The van der Waals surface area contributed by atoms with Crippen LogP contribution in [0.3, 0.4) is 0 Å². The molecule has 10 heteroatoms. The van der Waals surface area contributed by atoms with Crippen molar-refractivity contribution in [3.8, 4) is 11.5 Å². The van der Waals surface area contributed by atoms with Crippen molar-refractivity contribution in [3.63, 3.8) is 0 Å². The van der Waals surface area contributed by atoms with E-state index in [0.29, 0.717) is 24.7 Å². The molecule has 4 rings (SSSR count). The highest BCUT2D eigenvalue weighted by Gasteiger charge is 2.34. The maximum atomic E-state index is 14.3. The minimum absolute atomic E-state index is 0.135. The van der Waals surface area contributed by atoms with Crippen molar-refractivity contribution in [2.24, 2.45) is 0 Å². The number of hydrogen-bond acceptors (Lipinski definition) is 6. The summed E-state index contributed by atoms with van der Waals surface area (Å²) in [5, 5.41) is 2.96. The molecule has 3 aromatic carbocycles. The Morgan fingerprint density at radius 3 is 2.26 bits per heavy atom. The molecule has 0 fully saturated rings. The van der Waals surface area contributed by atoms with E-state index in [1.165, 1.54) is 11.8 Å². The number of sulfonamides is 1. The molecule has 1 aliphatic rings. The molecule has 1 aliphatic heterocycles. The standard InChI is InChI=1S/C32H39N3O6S/c1-5-42(38,39)35(27-15-16-29-30(20-27)41-18-17-40-29)22-31(36)34(21-26-14-10-9-11-24(26)4)28(32(37)33-23(2)3)19-25-12-7-6-8-13-25/h6-16,20,23,28H,5,17-19,21-22H2,1-4H3,(H,33,37)/t28-/m1/s1. The van der Waals surface area contributed by atoms with Crippen LogP contribution in [0.1, 0.15) is 37.5 Å². The van der Waals surface area contributed by atoms with Crippen LogP contribution in [0, 0.1) is 6.92 Å². The summed E-state index contributed by atoms with van der Waals surface area (Å²) < 4.78 is 39.1. The minimum Gasteiger partial charge on any atom is -0.486 e. The van der Waals surface area contributed by atoms with Crippen LogP contribution in [0.4, 0.5) is 5.69 Å². The van der Waals surface area contributed by atoms with Gasteiger partial charge in [0.15, 0.2) is 11.5 Å². The van der Waals surface area contributed by atoms with E-state index in [-0.39, 0.29) is 36.4 Å². The topological polar surface area (TPSA) is 105 Å².